The monoisotopic (exact) mass is 284 g/mol. The zero-order chi connectivity index (χ0) is 14.6. The Kier molecular flexibility index (Phi) is 5.62. The Labute approximate surface area is 117 Å². The highest BCUT2D eigenvalue weighted by Gasteiger charge is 2.20. The van der Waals surface area contributed by atoms with Crippen molar-refractivity contribution in [1.29, 1.82) is 0 Å². The van der Waals surface area contributed by atoms with Crippen LogP contribution in [0.3, 0.4) is 0 Å². The normalized spacial score (nSPS) is 13.9. The van der Waals surface area contributed by atoms with Gasteiger partial charge in [0.2, 0.25) is 0 Å². The van der Waals surface area contributed by atoms with Gasteiger partial charge in [-0.15, -0.1) is 0 Å². The second-order valence-corrected chi connectivity index (χ2v) is 5.58. The standard InChI is InChI=1S/C13H20N2O3S/c1-7-5-8(2)14-12(11(7)13(17)18)15-9(3)10(6-16)19-4/h5,9-10,16H,6H2,1-4H3,(H,14,15)(H,17,18). The van der Waals surface area contributed by atoms with Crippen LogP contribution in [0.1, 0.15) is 28.5 Å². The fourth-order valence-corrected chi connectivity index (χ4v) is 2.58. The second kappa shape index (κ2) is 6.77. The van der Waals surface area contributed by atoms with E-state index in [1.54, 1.807) is 13.0 Å². The van der Waals surface area contributed by atoms with Crippen molar-refractivity contribution in [3.63, 3.8) is 0 Å². The van der Waals surface area contributed by atoms with Gasteiger partial charge in [-0.25, -0.2) is 9.78 Å². The van der Waals surface area contributed by atoms with Gasteiger partial charge in [0.1, 0.15) is 11.4 Å². The van der Waals surface area contributed by atoms with Crippen LogP contribution in [0.2, 0.25) is 0 Å². The van der Waals surface area contributed by atoms with Gasteiger partial charge in [-0.1, -0.05) is 0 Å². The summed E-state index contributed by atoms with van der Waals surface area (Å²) in [5.41, 5.74) is 1.64. The van der Waals surface area contributed by atoms with Crippen molar-refractivity contribution < 1.29 is 15.0 Å². The van der Waals surface area contributed by atoms with Crippen LogP contribution in [-0.4, -0.2) is 45.3 Å². The number of pyridine rings is 1. The lowest BCUT2D eigenvalue weighted by Crippen LogP contribution is -2.32. The van der Waals surface area contributed by atoms with E-state index in [1.807, 2.05) is 20.1 Å². The Morgan fingerprint density at radius 3 is 2.63 bits per heavy atom. The minimum absolute atomic E-state index is 0.00994. The third-order valence-corrected chi connectivity index (χ3v) is 4.13. The molecule has 1 heterocycles. The minimum Gasteiger partial charge on any atom is -0.478 e. The first-order chi connectivity index (χ1) is 8.90. The molecule has 5 nitrogen and oxygen atoms in total. The summed E-state index contributed by atoms with van der Waals surface area (Å²) in [7, 11) is 0. The molecule has 0 aliphatic carbocycles. The molecule has 0 fully saturated rings. The lowest BCUT2D eigenvalue weighted by atomic mass is 10.1. The number of thioether (sulfide) groups is 1. The van der Waals surface area contributed by atoms with E-state index in [-0.39, 0.29) is 23.5 Å². The molecule has 2 atom stereocenters. The van der Waals surface area contributed by atoms with Gasteiger partial charge in [0.15, 0.2) is 0 Å². The zero-order valence-corrected chi connectivity index (χ0v) is 12.4. The number of aromatic carboxylic acids is 1. The van der Waals surface area contributed by atoms with Gasteiger partial charge in [-0.2, -0.15) is 11.8 Å². The van der Waals surface area contributed by atoms with Crippen molar-refractivity contribution >= 4 is 23.5 Å². The van der Waals surface area contributed by atoms with Crippen LogP contribution in [0.25, 0.3) is 0 Å². The smallest absolute Gasteiger partial charge is 0.339 e. The molecule has 1 aromatic heterocycles. The lowest BCUT2D eigenvalue weighted by Gasteiger charge is -2.23. The van der Waals surface area contributed by atoms with Crippen molar-refractivity contribution in [1.82, 2.24) is 4.98 Å². The predicted molar refractivity (Wildman–Crippen MR) is 78.1 cm³/mol. The van der Waals surface area contributed by atoms with Crippen LogP contribution in [-0.2, 0) is 0 Å². The van der Waals surface area contributed by atoms with E-state index in [2.05, 4.69) is 10.3 Å². The number of hydrogen-bond donors (Lipinski definition) is 3. The molecule has 0 saturated heterocycles. The maximum atomic E-state index is 11.3. The number of carboxylic acids is 1. The number of aromatic nitrogens is 1. The van der Waals surface area contributed by atoms with Crippen LogP contribution >= 0.6 is 11.8 Å². The van der Waals surface area contributed by atoms with Crippen LogP contribution in [0, 0.1) is 13.8 Å². The second-order valence-electron chi connectivity index (χ2n) is 4.50. The largest absolute Gasteiger partial charge is 0.478 e. The maximum Gasteiger partial charge on any atom is 0.339 e. The number of aliphatic hydroxyl groups excluding tert-OH is 1. The highest BCUT2D eigenvalue weighted by Crippen LogP contribution is 2.22. The molecule has 0 aliphatic heterocycles. The molecule has 0 saturated carbocycles. The summed E-state index contributed by atoms with van der Waals surface area (Å²) in [5, 5.41) is 21.6. The summed E-state index contributed by atoms with van der Waals surface area (Å²) >= 11 is 1.53. The predicted octanol–water partition coefficient (Wildman–Crippen LogP) is 1.92. The van der Waals surface area contributed by atoms with Gasteiger partial charge in [-0.3, -0.25) is 0 Å². The van der Waals surface area contributed by atoms with Crippen molar-refractivity contribution in [2.45, 2.75) is 32.1 Å². The van der Waals surface area contributed by atoms with Crippen molar-refractivity contribution in [2.75, 3.05) is 18.2 Å². The number of nitrogens with one attached hydrogen (secondary N) is 1. The molecule has 106 valence electrons. The van der Waals surface area contributed by atoms with Gasteiger partial charge in [0, 0.05) is 17.0 Å². The zero-order valence-electron chi connectivity index (χ0n) is 11.6. The van der Waals surface area contributed by atoms with Gasteiger partial charge < -0.3 is 15.5 Å². The van der Waals surface area contributed by atoms with E-state index in [4.69, 9.17) is 0 Å². The number of anilines is 1. The molecule has 0 radical (unpaired) electrons. The first kappa shape index (κ1) is 15.8. The summed E-state index contributed by atoms with van der Waals surface area (Å²) in [6, 6.07) is 1.67. The van der Waals surface area contributed by atoms with Crippen molar-refractivity contribution in [3.8, 4) is 0 Å². The summed E-state index contributed by atoms with van der Waals surface area (Å²) in [6.45, 7) is 5.52. The Balaban J connectivity index is 3.09. The molecule has 0 aromatic carbocycles. The van der Waals surface area contributed by atoms with E-state index in [0.29, 0.717) is 11.4 Å². The van der Waals surface area contributed by atoms with Crippen LogP contribution in [0.5, 0.6) is 0 Å². The number of aryl methyl sites for hydroxylation is 2. The first-order valence-electron chi connectivity index (χ1n) is 6.02. The molecule has 1 rings (SSSR count). The molecular weight excluding hydrogens is 264 g/mol. The summed E-state index contributed by atoms with van der Waals surface area (Å²) in [5.74, 6) is -0.630. The topological polar surface area (TPSA) is 82.5 Å². The molecule has 0 bridgehead atoms. The molecule has 19 heavy (non-hydrogen) atoms. The first-order valence-corrected chi connectivity index (χ1v) is 7.31. The van der Waals surface area contributed by atoms with E-state index in [1.165, 1.54) is 11.8 Å². The Hall–Kier alpha value is -1.27. The minimum atomic E-state index is -0.996. The number of carbonyl (C=O) groups is 1. The Bertz CT molecular complexity index is 461. The summed E-state index contributed by atoms with van der Waals surface area (Å²) < 4.78 is 0. The SMILES string of the molecule is CSC(CO)C(C)Nc1nc(C)cc(C)c1C(=O)O. The Morgan fingerprint density at radius 1 is 1.53 bits per heavy atom. The lowest BCUT2D eigenvalue weighted by molar-refractivity contribution is 0.0697. The summed E-state index contributed by atoms with van der Waals surface area (Å²) in [6.07, 6.45) is 1.91. The molecule has 3 N–H and O–H groups in total. The van der Waals surface area contributed by atoms with Crippen LogP contribution < -0.4 is 5.32 Å². The highest BCUT2D eigenvalue weighted by molar-refractivity contribution is 7.99. The van der Waals surface area contributed by atoms with Gasteiger partial charge in [-0.05, 0) is 38.7 Å². The molecular formula is C13H20N2O3S. The molecule has 6 heteroatoms. The quantitative estimate of drug-likeness (QED) is 0.740. The number of aliphatic hydroxyl groups is 1. The van der Waals surface area contributed by atoms with Gasteiger partial charge in [0.25, 0.3) is 0 Å². The van der Waals surface area contributed by atoms with Crippen molar-refractivity contribution in [3.05, 3.63) is 22.9 Å². The maximum absolute atomic E-state index is 11.3. The number of nitrogens with zero attached hydrogens (tertiary/aromatic N) is 1. The van der Waals surface area contributed by atoms with E-state index >= 15 is 0 Å². The van der Waals surface area contributed by atoms with Crippen LogP contribution in [0.15, 0.2) is 6.07 Å². The molecule has 0 amide bonds. The van der Waals surface area contributed by atoms with Gasteiger partial charge in [0.05, 0.1) is 6.61 Å². The summed E-state index contributed by atoms with van der Waals surface area (Å²) in [4.78, 5) is 15.6. The average Bonchev–Trinajstić information content (AvgIpc) is 2.28. The molecule has 0 spiro atoms. The average molecular weight is 284 g/mol. The fourth-order valence-electron chi connectivity index (χ4n) is 1.96. The fraction of sp³-hybridized carbons (Fsp3) is 0.538. The van der Waals surface area contributed by atoms with E-state index < -0.39 is 5.97 Å². The number of rotatable bonds is 6. The van der Waals surface area contributed by atoms with E-state index in [0.717, 1.165) is 5.69 Å². The van der Waals surface area contributed by atoms with Crippen molar-refractivity contribution in [2.24, 2.45) is 0 Å². The molecule has 2 unspecified atom stereocenters. The molecule has 1 aromatic rings. The molecule has 0 aliphatic rings. The number of carboxylic acid groups (broad SMARTS) is 1. The van der Waals surface area contributed by atoms with Gasteiger partial charge >= 0.3 is 5.97 Å². The van der Waals surface area contributed by atoms with E-state index in [9.17, 15) is 15.0 Å². The third-order valence-electron chi connectivity index (χ3n) is 2.96. The highest BCUT2D eigenvalue weighted by atomic mass is 32.2. The van der Waals surface area contributed by atoms with Crippen LogP contribution in [0.4, 0.5) is 5.82 Å². The Morgan fingerprint density at radius 2 is 2.16 bits per heavy atom. The number of hydrogen-bond acceptors (Lipinski definition) is 5. The third kappa shape index (κ3) is 3.84.